The van der Waals surface area contributed by atoms with E-state index in [0.717, 1.165) is 12.8 Å². The minimum Gasteiger partial charge on any atom is -0.390 e. The average Bonchev–Trinajstić information content (AvgIpc) is 2.64. The van der Waals surface area contributed by atoms with Crippen molar-refractivity contribution < 1.29 is 5.11 Å². The van der Waals surface area contributed by atoms with E-state index in [1.807, 2.05) is 0 Å². The van der Waals surface area contributed by atoms with Gasteiger partial charge in [0.2, 0.25) is 0 Å². The van der Waals surface area contributed by atoms with E-state index in [1.54, 1.807) is 5.57 Å². The van der Waals surface area contributed by atoms with Crippen molar-refractivity contribution in [3.8, 4) is 0 Å². The first-order valence-corrected chi connectivity index (χ1v) is 8.76. The van der Waals surface area contributed by atoms with Crippen LogP contribution in [0.5, 0.6) is 0 Å². The largest absolute Gasteiger partial charge is 0.390 e. The summed E-state index contributed by atoms with van der Waals surface area (Å²) >= 11 is 0. The highest BCUT2D eigenvalue weighted by Gasteiger charge is 2.50. The number of hydrogen-bond acceptors (Lipinski definition) is 1. The van der Waals surface area contributed by atoms with Gasteiger partial charge in [-0.25, -0.2) is 0 Å². The Morgan fingerprint density at radius 3 is 2.81 bits per heavy atom. The van der Waals surface area contributed by atoms with Crippen molar-refractivity contribution in [2.75, 3.05) is 0 Å². The smallest absolute Gasteiger partial charge is 0.0653 e. The SMILES string of the molecule is CC(C)=CCCC(C)(O)C1CCC2(C)CC=C(C)CCC12. The molecule has 1 saturated carbocycles. The molecule has 0 saturated heterocycles. The van der Waals surface area contributed by atoms with Crippen LogP contribution in [0.3, 0.4) is 0 Å². The second kappa shape index (κ2) is 6.28. The van der Waals surface area contributed by atoms with Crippen LogP contribution in [0.4, 0.5) is 0 Å². The molecule has 1 N–H and O–H groups in total. The third kappa shape index (κ3) is 3.80. The molecule has 0 aromatic heterocycles. The van der Waals surface area contributed by atoms with E-state index >= 15 is 0 Å². The zero-order valence-corrected chi connectivity index (χ0v) is 14.7. The molecule has 0 aliphatic heterocycles. The van der Waals surface area contributed by atoms with E-state index < -0.39 is 5.60 Å². The summed E-state index contributed by atoms with van der Waals surface area (Å²) in [6, 6.07) is 0. The number of fused-ring (bicyclic) bond motifs is 1. The molecule has 0 bridgehead atoms. The normalized spacial score (nSPS) is 35.4. The predicted octanol–water partition coefficient (Wildman–Crippen LogP) is 5.65. The van der Waals surface area contributed by atoms with Gasteiger partial charge in [0.15, 0.2) is 0 Å². The zero-order chi connectivity index (χ0) is 15.7. The first kappa shape index (κ1) is 16.8. The fourth-order valence-corrected chi connectivity index (χ4v) is 4.64. The van der Waals surface area contributed by atoms with Crippen LogP contribution >= 0.6 is 0 Å². The van der Waals surface area contributed by atoms with E-state index in [1.165, 1.54) is 37.7 Å². The van der Waals surface area contributed by atoms with Crippen LogP contribution in [-0.2, 0) is 0 Å². The predicted molar refractivity (Wildman–Crippen MR) is 91.2 cm³/mol. The van der Waals surface area contributed by atoms with E-state index in [2.05, 4.69) is 46.8 Å². The first-order valence-electron chi connectivity index (χ1n) is 8.76. The molecule has 4 unspecified atom stereocenters. The second-order valence-corrected chi connectivity index (χ2v) is 8.38. The molecule has 1 fully saturated rings. The second-order valence-electron chi connectivity index (χ2n) is 8.38. The van der Waals surface area contributed by atoms with Gasteiger partial charge in [-0.1, -0.05) is 30.2 Å². The Hall–Kier alpha value is -0.560. The molecule has 2 aliphatic rings. The van der Waals surface area contributed by atoms with Crippen LogP contribution in [0.2, 0.25) is 0 Å². The molecule has 21 heavy (non-hydrogen) atoms. The average molecular weight is 290 g/mol. The van der Waals surface area contributed by atoms with Gasteiger partial charge in [-0.2, -0.15) is 0 Å². The third-order valence-corrected chi connectivity index (χ3v) is 6.18. The Morgan fingerprint density at radius 1 is 1.43 bits per heavy atom. The lowest BCUT2D eigenvalue weighted by Gasteiger charge is -2.39. The van der Waals surface area contributed by atoms with Crippen LogP contribution in [0.25, 0.3) is 0 Å². The van der Waals surface area contributed by atoms with Crippen molar-refractivity contribution in [3.63, 3.8) is 0 Å². The van der Waals surface area contributed by atoms with Crippen molar-refractivity contribution in [1.82, 2.24) is 0 Å². The number of hydrogen-bond donors (Lipinski definition) is 1. The molecule has 1 heteroatoms. The molecule has 2 aliphatic carbocycles. The lowest BCUT2D eigenvalue weighted by atomic mass is 9.69. The van der Waals surface area contributed by atoms with Gasteiger partial charge in [0.25, 0.3) is 0 Å². The molecule has 2 rings (SSSR count). The number of rotatable bonds is 4. The van der Waals surface area contributed by atoms with Gasteiger partial charge in [-0.3, -0.25) is 0 Å². The van der Waals surface area contributed by atoms with Gasteiger partial charge in [-0.05, 0) is 89.9 Å². The maximum absolute atomic E-state index is 11.1. The van der Waals surface area contributed by atoms with Crippen LogP contribution in [-0.4, -0.2) is 10.7 Å². The van der Waals surface area contributed by atoms with Gasteiger partial charge in [-0.15, -0.1) is 0 Å². The van der Waals surface area contributed by atoms with Crippen LogP contribution in [0, 0.1) is 17.3 Å². The van der Waals surface area contributed by atoms with Crippen LogP contribution in [0.15, 0.2) is 23.3 Å². The Labute approximate surface area is 131 Å². The summed E-state index contributed by atoms with van der Waals surface area (Å²) in [6.45, 7) is 11.1. The summed E-state index contributed by atoms with van der Waals surface area (Å²) in [5.41, 5.74) is 2.82. The quantitative estimate of drug-likeness (QED) is 0.664. The monoisotopic (exact) mass is 290 g/mol. The van der Waals surface area contributed by atoms with E-state index in [0.29, 0.717) is 17.3 Å². The van der Waals surface area contributed by atoms with E-state index in [4.69, 9.17) is 0 Å². The Bertz CT molecular complexity index is 425. The summed E-state index contributed by atoms with van der Waals surface area (Å²) in [7, 11) is 0. The molecule has 0 aromatic rings. The van der Waals surface area contributed by atoms with Crippen molar-refractivity contribution >= 4 is 0 Å². The zero-order valence-electron chi connectivity index (χ0n) is 14.7. The minimum absolute atomic E-state index is 0.420. The molecule has 0 amide bonds. The Balaban J connectivity index is 2.08. The summed E-state index contributed by atoms with van der Waals surface area (Å²) in [4.78, 5) is 0. The molecule has 0 aromatic carbocycles. The Morgan fingerprint density at radius 2 is 2.14 bits per heavy atom. The molecule has 0 spiro atoms. The number of aliphatic hydroxyl groups is 1. The molecular formula is C20H34O. The summed E-state index contributed by atoms with van der Waals surface area (Å²) in [5, 5.41) is 11.1. The highest BCUT2D eigenvalue weighted by molar-refractivity contribution is 5.10. The first-order chi connectivity index (χ1) is 9.74. The fourth-order valence-electron chi connectivity index (χ4n) is 4.64. The third-order valence-electron chi connectivity index (χ3n) is 6.18. The topological polar surface area (TPSA) is 20.2 Å². The highest BCUT2D eigenvalue weighted by Crippen LogP contribution is 2.56. The van der Waals surface area contributed by atoms with Gasteiger partial charge < -0.3 is 5.11 Å². The molecule has 120 valence electrons. The molecule has 0 radical (unpaired) electrons. The van der Waals surface area contributed by atoms with Crippen molar-refractivity contribution in [2.24, 2.45) is 17.3 Å². The van der Waals surface area contributed by atoms with E-state index in [-0.39, 0.29) is 0 Å². The number of allylic oxidation sites excluding steroid dienone is 4. The summed E-state index contributed by atoms with van der Waals surface area (Å²) in [5.74, 6) is 1.17. The Kier molecular flexibility index (Phi) is 5.03. The van der Waals surface area contributed by atoms with Crippen molar-refractivity contribution in [2.45, 2.75) is 85.2 Å². The van der Waals surface area contributed by atoms with Crippen LogP contribution < -0.4 is 0 Å². The highest BCUT2D eigenvalue weighted by atomic mass is 16.3. The molecule has 1 nitrogen and oxygen atoms in total. The van der Waals surface area contributed by atoms with Gasteiger partial charge in [0, 0.05) is 0 Å². The van der Waals surface area contributed by atoms with Crippen molar-refractivity contribution in [3.05, 3.63) is 23.3 Å². The lowest BCUT2D eigenvalue weighted by molar-refractivity contribution is -0.0368. The molecular weight excluding hydrogens is 256 g/mol. The maximum Gasteiger partial charge on any atom is 0.0653 e. The van der Waals surface area contributed by atoms with Gasteiger partial charge in [0.1, 0.15) is 0 Å². The summed E-state index contributed by atoms with van der Waals surface area (Å²) in [6.07, 6.45) is 12.8. The lowest BCUT2D eigenvalue weighted by Crippen LogP contribution is -2.39. The molecule has 4 atom stereocenters. The standard InChI is InChI=1S/C20H34O/c1-15(2)7-6-12-20(5,21)18-11-14-19(4)13-10-16(3)8-9-17(18)19/h7,10,17-18,21H,6,8-9,11-14H2,1-5H3. The van der Waals surface area contributed by atoms with Crippen molar-refractivity contribution in [1.29, 1.82) is 0 Å². The van der Waals surface area contributed by atoms with Crippen LogP contribution in [0.1, 0.15) is 79.6 Å². The molecule has 0 heterocycles. The minimum atomic E-state index is -0.507. The fraction of sp³-hybridized carbons (Fsp3) is 0.800. The van der Waals surface area contributed by atoms with Gasteiger partial charge in [0.05, 0.1) is 5.60 Å². The maximum atomic E-state index is 11.1. The van der Waals surface area contributed by atoms with Gasteiger partial charge >= 0.3 is 0 Å². The summed E-state index contributed by atoms with van der Waals surface area (Å²) < 4.78 is 0. The van der Waals surface area contributed by atoms with E-state index in [9.17, 15) is 5.11 Å².